The molecule has 1 aliphatic carbocycles. The molecule has 68 valence electrons. The zero-order chi connectivity index (χ0) is 9.42. The lowest BCUT2D eigenvalue weighted by atomic mass is 9.85. The van der Waals surface area contributed by atoms with E-state index < -0.39 is 0 Å². The fraction of sp³-hybridized carbons (Fsp3) is 0.778. The summed E-state index contributed by atoms with van der Waals surface area (Å²) in [5.74, 6) is 1.36. The molecule has 2 radical (unpaired) electrons. The van der Waals surface area contributed by atoms with Crippen molar-refractivity contribution in [3.63, 3.8) is 0 Å². The highest BCUT2D eigenvalue weighted by Crippen LogP contribution is 2.37. The van der Waals surface area contributed by atoms with E-state index in [1.807, 2.05) is 6.92 Å². The van der Waals surface area contributed by atoms with E-state index in [-0.39, 0.29) is 17.9 Å². The topological polar surface area (TPSA) is 41.5 Å². The lowest BCUT2D eigenvalue weighted by Gasteiger charge is -2.25. The average molecular weight is 176 g/mol. The number of fused-ring (bicyclic) bond motifs is 1. The molecule has 0 bridgehead atoms. The first-order chi connectivity index (χ1) is 6.22. The first-order valence-electron chi connectivity index (χ1n) is 4.77. The Hall–Kier alpha value is -0.795. The molecule has 1 fully saturated rings. The van der Waals surface area contributed by atoms with Crippen LogP contribution in [0.25, 0.3) is 0 Å². The normalized spacial score (nSPS) is 38.1. The van der Waals surface area contributed by atoms with Crippen molar-refractivity contribution >= 4 is 19.6 Å². The summed E-state index contributed by atoms with van der Waals surface area (Å²) in [5, 5.41) is 2.77. The van der Waals surface area contributed by atoms with Gasteiger partial charge in [0.05, 0.1) is 19.8 Å². The van der Waals surface area contributed by atoms with Crippen LogP contribution in [0.5, 0.6) is 0 Å². The maximum absolute atomic E-state index is 11.5. The Labute approximate surface area is 79.4 Å². The minimum atomic E-state index is 0.0808. The molecule has 0 saturated heterocycles. The van der Waals surface area contributed by atoms with Crippen LogP contribution in [0, 0.1) is 11.8 Å². The van der Waals surface area contributed by atoms with Crippen molar-refractivity contribution in [2.75, 3.05) is 0 Å². The molecule has 2 rings (SSSR count). The minimum Gasteiger partial charge on any atom is -0.314 e. The van der Waals surface area contributed by atoms with E-state index in [0.717, 1.165) is 18.7 Å². The number of rotatable bonds is 1. The Morgan fingerprint density at radius 3 is 3.08 bits per heavy atom. The predicted molar refractivity (Wildman–Crippen MR) is 51.8 cm³/mol. The fourth-order valence-corrected chi connectivity index (χ4v) is 2.33. The van der Waals surface area contributed by atoms with Crippen molar-refractivity contribution < 1.29 is 4.79 Å². The third kappa shape index (κ3) is 1.38. The maximum atomic E-state index is 11.5. The standard InChI is InChI=1S/C9H13BN2O/c1-5-11-8-6(4-10)2-3-7(8)9(13)12-5/h6-8H,2-4H2,1H3,(H,11,12,13). The van der Waals surface area contributed by atoms with E-state index in [1.54, 1.807) is 0 Å². The molecular formula is C9H13BN2O. The Bertz CT molecular complexity index is 264. The van der Waals surface area contributed by atoms with Gasteiger partial charge in [-0.05, 0) is 25.7 Å². The van der Waals surface area contributed by atoms with Gasteiger partial charge in [-0.25, -0.2) is 0 Å². The molecule has 4 heteroatoms. The molecule has 0 aromatic carbocycles. The van der Waals surface area contributed by atoms with Gasteiger partial charge in [-0.1, -0.05) is 6.32 Å². The zero-order valence-electron chi connectivity index (χ0n) is 7.79. The number of amides is 1. The van der Waals surface area contributed by atoms with Gasteiger partial charge in [-0.2, -0.15) is 0 Å². The molecule has 1 amide bonds. The van der Waals surface area contributed by atoms with Crippen molar-refractivity contribution in [3.8, 4) is 0 Å². The zero-order valence-corrected chi connectivity index (χ0v) is 7.79. The Balaban J connectivity index is 2.23. The molecule has 0 aromatic heterocycles. The van der Waals surface area contributed by atoms with Crippen LogP contribution >= 0.6 is 0 Å². The summed E-state index contributed by atoms with van der Waals surface area (Å²) < 4.78 is 0. The van der Waals surface area contributed by atoms with Crippen molar-refractivity contribution in [3.05, 3.63) is 0 Å². The molecule has 1 saturated carbocycles. The van der Waals surface area contributed by atoms with Gasteiger partial charge in [0.25, 0.3) is 0 Å². The van der Waals surface area contributed by atoms with Crippen molar-refractivity contribution in [1.29, 1.82) is 0 Å². The number of carbonyl (C=O) groups is 1. The summed E-state index contributed by atoms with van der Waals surface area (Å²) in [5.41, 5.74) is 0. The highest BCUT2D eigenvalue weighted by atomic mass is 16.2. The second-order valence-electron chi connectivity index (χ2n) is 3.87. The molecule has 0 spiro atoms. The maximum Gasteiger partial charge on any atom is 0.230 e. The van der Waals surface area contributed by atoms with E-state index in [9.17, 15) is 4.79 Å². The number of hydrogen-bond donors (Lipinski definition) is 1. The van der Waals surface area contributed by atoms with Gasteiger partial charge in [0.2, 0.25) is 5.91 Å². The van der Waals surface area contributed by atoms with Crippen LogP contribution in [-0.2, 0) is 4.79 Å². The number of hydrogen-bond acceptors (Lipinski definition) is 2. The molecule has 1 N–H and O–H groups in total. The molecule has 1 aliphatic heterocycles. The number of aliphatic imine (C=N–C) groups is 1. The van der Waals surface area contributed by atoms with Crippen molar-refractivity contribution in [1.82, 2.24) is 5.32 Å². The Morgan fingerprint density at radius 1 is 1.62 bits per heavy atom. The van der Waals surface area contributed by atoms with Crippen LogP contribution in [0.2, 0.25) is 6.32 Å². The van der Waals surface area contributed by atoms with Crippen molar-refractivity contribution in [2.24, 2.45) is 16.8 Å². The smallest absolute Gasteiger partial charge is 0.230 e. The summed E-state index contributed by atoms with van der Waals surface area (Å²) in [6.45, 7) is 1.83. The summed E-state index contributed by atoms with van der Waals surface area (Å²) in [7, 11) is 5.63. The van der Waals surface area contributed by atoms with Gasteiger partial charge in [0.1, 0.15) is 5.84 Å². The summed E-state index contributed by atoms with van der Waals surface area (Å²) in [6.07, 6.45) is 2.62. The Kier molecular flexibility index (Phi) is 2.14. The SMILES string of the molecule is [B]CC1CCC2C(=O)NC(C)=NC12. The van der Waals surface area contributed by atoms with Gasteiger partial charge < -0.3 is 5.32 Å². The molecule has 3 atom stereocenters. The van der Waals surface area contributed by atoms with Gasteiger partial charge in [0, 0.05) is 0 Å². The molecule has 13 heavy (non-hydrogen) atoms. The van der Waals surface area contributed by atoms with Crippen LogP contribution in [0.15, 0.2) is 4.99 Å². The van der Waals surface area contributed by atoms with Crippen LogP contribution in [-0.4, -0.2) is 25.6 Å². The van der Waals surface area contributed by atoms with Gasteiger partial charge >= 0.3 is 0 Å². The number of amidine groups is 1. The van der Waals surface area contributed by atoms with Gasteiger partial charge in [0.15, 0.2) is 0 Å². The lowest BCUT2D eigenvalue weighted by molar-refractivity contribution is -0.124. The predicted octanol–water partition coefficient (Wildman–Crippen LogP) is 0.516. The second kappa shape index (κ2) is 3.16. The summed E-state index contributed by atoms with van der Waals surface area (Å²) in [6, 6.07) is 0.152. The highest BCUT2D eigenvalue weighted by molar-refractivity contribution is 6.09. The second-order valence-corrected chi connectivity index (χ2v) is 3.87. The molecule has 3 nitrogen and oxygen atoms in total. The third-order valence-electron chi connectivity index (χ3n) is 3.03. The van der Waals surface area contributed by atoms with E-state index in [4.69, 9.17) is 7.85 Å². The van der Waals surface area contributed by atoms with Crippen LogP contribution in [0.3, 0.4) is 0 Å². The average Bonchev–Trinajstić information content (AvgIpc) is 2.47. The quantitative estimate of drug-likeness (QED) is 0.581. The number of nitrogens with zero attached hydrogens (tertiary/aromatic N) is 1. The molecule has 1 heterocycles. The van der Waals surface area contributed by atoms with Gasteiger partial charge in [-0.3, -0.25) is 9.79 Å². The number of carbonyl (C=O) groups excluding carboxylic acids is 1. The largest absolute Gasteiger partial charge is 0.314 e. The minimum absolute atomic E-state index is 0.0808. The van der Waals surface area contributed by atoms with E-state index in [2.05, 4.69) is 10.3 Å². The summed E-state index contributed by atoms with van der Waals surface area (Å²) in [4.78, 5) is 16.0. The lowest BCUT2D eigenvalue weighted by Crippen LogP contribution is -2.43. The first-order valence-corrected chi connectivity index (χ1v) is 4.77. The molecule has 3 unspecified atom stereocenters. The molecule has 2 aliphatic rings. The van der Waals surface area contributed by atoms with E-state index in [0.29, 0.717) is 12.2 Å². The van der Waals surface area contributed by atoms with Crippen molar-refractivity contribution in [2.45, 2.75) is 32.1 Å². The monoisotopic (exact) mass is 176 g/mol. The van der Waals surface area contributed by atoms with Crippen LogP contribution < -0.4 is 5.32 Å². The first kappa shape index (κ1) is 8.79. The van der Waals surface area contributed by atoms with Crippen LogP contribution in [0.1, 0.15) is 19.8 Å². The number of nitrogens with one attached hydrogen (secondary N) is 1. The Morgan fingerprint density at radius 2 is 2.38 bits per heavy atom. The molecular weight excluding hydrogens is 163 g/mol. The van der Waals surface area contributed by atoms with E-state index in [1.165, 1.54) is 0 Å². The fourth-order valence-electron chi connectivity index (χ4n) is 2.33. The van der Waals surface area contributed by atoms with Gasteiger partial charge in [-0.15, -0.1) is 0 Å². The third-order valence-corrected chi connectivity index (χ3v) is 3.03. The van der Waals surface area contributed by atoms with E-state index >= 15 is 0 Å². The van der Waals surface area contributed by atoms with Crippen LogP contribution in [0.4, 0.5) is 0 Å². The highest BCUT2D eigenvalue weighted by Gasteiger charge is 2.41. The molecule has 0 aromatic rings. The summed E-state index contributed by atoms with van der Waals surface area (Å²) >= 11 is 0.